The van der Waals surface area contributed by atoms with E-state index in [1.54, 1.807) is 11.0 Å². The molecule has 4 rings (SSSR count). The highest BCUT2D eigenvalue weighted by atomic mass is 19.4. The van der Waals surface area contributed by atoms with Crippen LogP contribution in [0.1, 0.15) is 45.1 Å². The lowest BCUT2D eigenvalue weighted by Gasteiger charge is -2.32. The van der Waals surface area contributed by atoms with Crippen molar-refractivity contribution in [2.45, 2.75) is 32.0 Å². The van der Waals surface area contributed by atoms with E-state index in [0.29, 0.717) is 18.8 Å². The minimum Gasteiger partial charge on any atom is -0.490 e. The van der Waals surface area contributed by atoms with Crippen molar-refractivity contribution < 1.29 is 32.0 Å². The van der Waals surface area contributed by atoms with Crippen molar-refractivity contribution in [1.82, 2.24) is 15.0 Å². The highest BCUT2D eigenvalue weighted by Crippen LogP contribution is 2.27. The van der Waals surface area contributed by atoms with Crippen LogP contribution in [0.3, 0.4) is 0 Å². The molecule has 0 spiro atoms. The van der Waals surface area contributed by atoms with Crippen LogP contribution in [0, 0.1) is 6.92 Å². The first-order valence-corrected chi connectivity index (χ1v) is 10.9. The number of piperidine rings is 1. The third-order valence-corrected chi connectivity index (χ3v) is 5.33. The van der Waals surface area contributed by atoms with E-state index >= 15 is 0 Å². The number of likely N-dealkylation sites (tertiary alicyclic amines) is 1. The maximum Gasteiger partial charge on any atom is 0.433 e. The molecule has 0 aliphatic carbocycles. The molecule has 186 valence electrons. The number of hydrogen-bond acceptors (Lipinski definition) is 7. The molecule has 11 heteroatoms. The Morgan fingerprint density at radius 1 is 1.20 bits per heavy atom. The number of hydrogen-bond donors (Lipinski definition) is 1. The number of pyridine rings is 1. The Kier molecular flexibility index (Phi) is 8.45. The number of halogens is 3. The molecule has 1 aliphatic heterocycles. The van der Waals surface area contributed by atoms with Crippen LogP contribution in [0.5, 0.6) is 5.75 Å². The summed E-state index contributed by atoms with van der Waals surface area (Å²) in [5.41, 5.74) is 0.879. The van der Waals surface area contributed by atoms with Crippen LogP contribution in [0.15, 0.2) is 53.2 Å². The highest BCUT2D eigenvalue weighted by Gasteiger charge is 2.32. The summed E-state index contributed by atoms with van der Waals surface area (Å²) < 4.78 is 46.8. The number of ether oxygens (including phenoxy) is 1. The summed E-state index contributed by atoms with van der Waals surface area (Å²) in [6, 6.07) is 10.8. The van der Waals surface area contributed by atoms with Crippen molar-refractivity contribution >= 4 is 17.9 Å². The van der Waals surface area contributed by atoms with E-state index in [1.165, 1.54) is 12.3 Å². The topological polar surface area (TPSA) is 97.6 Å². The zero-order valence-corrected chi connectivity index (χ0v) is 19.2. The molecule has 1 aliphatic rings. The van der Waals surface area contributed by atoms with Crippen molar-refractivity contribution in [3.8, 4) is 5.75 Å². The van der Waals surface area contributed by atoms with Gasteiger partial charge in [0, 0.05) is 50.8 Å². The number of benzene rings is 1. The molecule has 1 aromatic carbocycles. The number of nitrogens with one attached hydrogen (secondary N) is 1. The second-order valence-corrected chi connectivity index (χ2v) is 7.78. The molecule has 3 heterocycles. The van der Waals surface area contributed by atoms with Crippen LogP contribution in [0.25, 0.3) is 0 Å². The van der Waals surface area contributed by atoms with Crippen LogP contribution < -0.4 is 10.1 Å². The summed E-state index contributed by atoms with van der Waals surface area (Å²) in [7, 11) is 1.89. The van der Waals surface area contributed by atoms with Gasteiger partial charge in [-0.3, -0.25) is 9.59 Å². The predicted octanol–water partition coefficient (Wildman–Crippen LogP) is 4.62. The number of carbonyl (C=O) groups excluding carboxylic acids is 2. The van der Waals surface area contributed by atoms with Crippen molar-refractivity contribution in [2.24, 2.45) is 0 Å². The quantitative estimate of drug-likeness (QED) is 0.521. The van der Waals surface area contributed by atoms with Crippen LogP contribution in [0.4, 0.5) is 18.9 Å². The Morgan fingerprint density at radius 3 is 2.54 bits per heavy atom. The number of alkyl halides is 3. The maximum absolute atomic E-state index is 12.2. The van der Waals surface area contributed by atoms with Crippen LogP contribution in [0.2, 0.25) is 0 Å². The van der Waals surface area contributed by atoms with Gasteiger partial charge in [-0.1, -0.05) is 17.3 Å². The summed E-state index contributed by atoms with van der Waals surface area (Å²) >= 11 is 0. The average molecular weight is 490 g/mol. The van der Waals surface area contributed by atoms with E-state index in [4.69, 9.17) is 9.26 Å². The lowest BCUT2D eigenvalue weighted by Crippen LogP contribution is -2.41. The molecule has 1 N–H and O–H groups in total. The van der Waals surface area contributed by atoms with Gasteiger partial charge in [-0.2, -0.15) is 13.2 Å². The number of nitrogens with zero attached hydrogens (tertiary/aromatic N) is 3. The molecule has 1 amide bonds. The van der Waals surface area contributed by atoms with Crippen LogP contribution in [-0.2, 0) is 6.18 Å². The normalized spacial score (nSPS) is 14.0. The molecular formula is C24H25F3N4O4. The molecule has 0 radical (unpaired) electrons. The fourth-order valence-corrected chi connectivity index (χ4v) is 3.40. The molecule has 0 atom stereocenters. The predicted molar refractivity (Wildman–Crippen MR) is 121 cm³/mol. The van der Waals surface area contributed by atoms with Gasteiger partial charge in [-0.25, -0.2) is 4.98 Å². The molecular weight excluding hydrogens is 465 g/mol. The van der Waals surface area contributed by atoms with Crippen LogP contribution >= 0.6 is 0 Å². The van der Waals surface area contributed by atoms with Crippen molar-refractivity contribution in [2.75, 3.05) is 25.5 Å². The van der Waals surface area contributed by atoms with Gasteiger partial charge in [-0.05, 0) is 30.7 Å². The molecule has 0 bridgehead atoms. The summed E-state index contributed by atoms with van der Waals surface area (Å²) in [5, 5.41) is 6.70. The minimum atomic E-state index is -4.49. The first-order valence-electron chi connectivity index (χ1n) is 10.9. The van der Waals surface area contributed by atoms with E-state index in [-0.39, 0.29) is 24.0 Å². The SMILES string of the molecule is CNc1ccc(C)c(OC2CCN(C(=O)c3ccno3)CC2)c1.O=Cc1cccc(C(F)(F)F)n1. The Hall–Kier alpha value is -3.89. The molecule has 3 aromatic rings. The standard InChI is InChI=1S/C17H21N3O3.C7H4F3NO/c1-12-3-4-13(18-2)11-16(12)22-14-6-9-20(10-7-14)17(21)15-5-8-19-23-15;8-7(9,10)6-3-1-2-5(4-12)11-6/h3-5,8,11,14,18H,6-7,9-10H2,1-2H3;1-4H. The van der Waals surface area contributed by atoms with Crippen molar-refractivity contribution in [3.05, 3.63) is 71.4 Å². The van der Waals surface area contributed by atoms with Crippen molar-refractivity contribution in [1.29, 1.82) is 0 Å². The van der Waals surface area contributed by atoms with Gasteiger partial charge in [0.25, 0.3) is 5.91 Å². The number of aromatic nitrogens is 2. The summed E-state index contributed by atoms with van der Waals surface area (Å²) in [6.45, 7) is 3.36. The number of amides is 1. The van der Waals surface area contributed by atoms with E-state index < -0.39 is 11.9 Å². The fourth-order valence-electron chi connectivity index (χ4n) is 3.40. The Bertz CT molecular complexity index is 1130. The maximum atomic E-state index is 12.2. The Balaban J connectivity index is 0.000000241. The lowest BCUT2D eigenvalue weighted by atomic mass is 10.1. The molecule has 35 heavy (non-hydrogen) atoms. The number of aldehydes is 1. The van der Waals surface area contributed by atoms with E-state index in [9.17, 15) is 22.8 Å². The number of carbonyl (C=O) groups is 2. The Morgan fingerprint density at radius 2 is 1.94 bits per heavy atom. The van der Waals surface area contributed by atoms with E-state index in [0.717, 1.165) is 42.0 Å². The van der Waals surface area contributed by atoms with Gasteiger partial charge >= 0.3 is 6.18 Å². The van der Waals surface area contributed by atoms with Gasteiger partial charge in [0.1, 0.15) is 23.2 Å². The average Bonchev–Trinajstić information content (AvgIpc) is 3.40. The molecule has 8 nitrogen and oxygen atoms in total. The number of anilines is 1. The first kappa shape index (κ1) is 25.7. The monoisotopic (exact) mass is 490 g/mol. The third-order valence-electron chi connectivity index (χ3n) is 5.33. The van der Waals surface area contributed by atoms with Gasteiger partial charge in [0.2, 0.25) is 5.76 Å². The molecule has 1 fully saturated rings. The highest BCUT2D eigenvalue weighted by molar-refractivity contribution is 5.91. The van der Waals surface area contributed by atoms with E-state index in [1.807, 2.05) is 32.2 Å². The van der Waals surface area contributed by atoms with Crippen LogP contribution in [-0.4, -0.2) is 53.5 Å². The second kappa shape index (κ2) is 11.5. The Labute approximate surface area is 200 Å². The smallest absolute Gasteiger partial charge is 0.433 e. The summed E-state index contributed by atoms with van der Waals surface area (Å²) in [6.07, 6.45) is -0.985. The number of rotatable bonds is 5. The first-order chi connectivity index (χ1) is 16.7. The van der Waals surface area contributed by atoms with Gasteiger partial charge < -0.3 is 19.5 Å². The molecule has 0 unspecified atom stereocenters. The van der Waals surface area contributed by atoms with Crippen molar-refractivity contribution in [3.63, 3.8) is 0 Å². The fraction of sp³-hybridized carbons (Fsp3) is 0.333. The molecule has 1 saturated heterocycles. The zero-order valence-electron chi connectivity index (χ0n) is 19.2. The summed E-state index contributed by atoms with van der Waals surface area (Å²) in [5.74, 6) is 1.09. The largest absolute Gasteiger partial charge is 0.490 e. The number of aryl methyl sites for hydroxylation is 1. The van der Waals surface area contributed by atoms with E-state index in [2.05, 4.69) is 15.5 Å². The lowest BCUT2D eigenvalue weighted by molar-refractivity contribution is -0.141. The zero-order chi connectivity index (χ0) is 25.4. The molecule has 0 saturated carbocycles. The van der Waals surface area contributed by atoms with Gasteiger partial charge in [0.05, 0.1) is 6.20 Å². The molecule has 2 aromatic heterocycles. The summed E-state index contributed by atoms with van der Waals surface area (Å²) in [4.78, 5) is 27.1. The van der Waals surface area contributed by atoms with Gasteiger partial charge in [0.15, 0.2) is 6.29 Å². The third kappa shape index (κ3) is 7.05. The second-order valence-electron chi connectivity index (χ2n) is 7.78. The van der Waals surface area contributed by atoms with Gasteiger partial charge in [-0.15, -0.1) is 0 Å². The minimum absolute atomic E-state index is 0.102.